The number of hydrogen-bond acceptors (Lipinski definition) is 9. The molecule has 11 nitrogen and oxygen atoms in total. The molecule has 0 aromatic carbocycles. The maximum atomic E-state index is 13.3. The van der Waals surface area contributed by atoms with Gasteiger partial charge in [-0.05, 0) is 19.1 Å². The van der Waals surface area contributed by atoms with Crippen LogP contribution in [0.15, 0.2) is 29.3 Å². The van der Waals surface area contributed by atoms with Gasteiger partial charge in [0.25, 0.3) is 5.56 Å². The highest BCUT2D eigenvalue weighted by molar-refractivity contribution is 5.77. The van der Waals surface area contributed by atoms with Gasteiger partial charge in [-0.25, -0.2) is 10.1 Å². The first kappa shape index (κ1) is 27.9. The van der Waals surface area contributed by atoms with Crippen molar-refractivity contribution in [3.8, 4) is 11.8 Å². The molecule has 0 radical (unpaired) electrons. The SMILES string of the molecule is COC[C@@H](CO[C@@H](C)CC(=O)N1CCN(c2ncccc2C#N)CC1)Oc1cn[nH]c(=O)c1C(F)(F)F. The second-order valence-corrected chi connectivity index (χ2v) is 8.33. The van der Waals surface area contributed by atoms with E-state index in [4.69, 9.17) is 14.2 Å². The summed E-state index contributed by atoms with van der Waals surface area (Å²) in [4.78, 5) is 32.3. The Bertz CT molecular complexity index is 1160. The molecule has 0 bridgehead atoms. The fourth-order valence-corrected chi connectivity index (χ4v) is 3.83. The third-order valence-corrected chi connectivity index (χ3v) is 5.62. The van der Waals surface area contributed by atoms with E-state index in [0.29, 0.717) is 37.6 Å². The number of anilines is 1. The van der Waals surface area contributed by atoms with E-state index < -0.39 is 35.3 Å². The molecule has 2 atom stereocenters. The van der Waals surface area contributed by atoms with E-state index in [1.807, 2.05) is 4.90 Å². The summed E-state index contributed by atoms with van der Waals surface area (Å²) in [7, 11) is 1.34. The minimum absolute atomic E-state index is 0.0487. The summed E-state index contributed by atoms with van der Waals surface area (Å²) in [5, 5.41) is 14.4. The van der Waals surface area contributed by atoms with Gasteiger partial charge in [0.2, 0.25) is 5.91 Å². The molecule has 2 aromatic heterocycles. The summed E-state index contributed by atoms with van der Waals surface area (Å²) in [6.07, 6.45) is -4.06. The Morgan fingerprint density at radius 3 is 2.65 bits per heavy atom. The molecule has 0 aliphatic carbocycles. The normalized spacial score (nSPS) is 15.7. The lowest BCUT2D eigenvalue weighted by atomic mass is 10.2. The standard InChI is InChI=1S/C23H27F3N6O5/c1-15(10-19(33)31-6-8-32(9-7-31)21-16(11-27)4-3-5-28-21)36-14-17(13-35-2)37-18-12-29-30-22(34)20(18)23(24,25)26/h3-5,12,15,17H,6-10,13-14H2,1-2H3,(H,30,34)/t15-,17-/m0/s1. The number of carbonyl (C=O) groups excluding carboxylic acids is 1. The van der Waals surface area contributed by atoms with Crippen LogP contribution in [0.3, 0.4) is 0 Å². The predicted octanol–water partition coefficient (Wildman–Crippen LogP) is 1.59. The number of carbonyl (C=O) groups is 1. The first-order valence-electron chi connectivity index (χ1n) is 11.4. The maximum Gasteiger partial charge on any atom is 0.425 e. The molecule has 2 aromatic rings. The summed E-state index contributed by atoms with van der Waals surface area (Å²) in [5.41, 5.74) is -2.46. The monoisotopic (exact) mass is 524 g/mol. The molecule has 0 saturated carbocycles. The first-order chi connectivity index (χ1) is 17.6. The molecule has 200 valence electrons. The molecule has 1 amide bonds. The lowest BCUT2D eigenvalue weighted by Gasteiger charge is -2.36. The van der Waals surface area contributed by atoms with E-state index >= 15 is 0 Å². The second kappa shape index (κ2) is 12.5. The highest BCUT2D eigenvalue weighted by atomic mass is 19.4. The number of nitriles is 1. The van der Waals surface area contributed by atoms with Crippen LogP contribution in [-0.2, 0) is 20.4 Å². The van der Waals surface area contributed by atoms with Crippen LogP contribution in [0.1, 0.15) is 24.5 Å². The van der Waals surface area contributed by atoms with Gasteiger partial charge in [0.15, 0.2) is 11.3 Å². The van der Waals surface area contributed by atoms with Crippen LogP contribution < -0.4 is 15.2 Å². The van der Waals surface area contributed by atoms with Gasteiger partial charge in [-0.2, -0.15) is 23.5 Å². The number of piperazine rings is 1. The number of nitrogens with zero attached hydrogens (tertiary/aromatic N) is 5. The maximum absolute atomic E-state index is 13.3. The van der Waals surface area contributed by atoms with Gasteiger partial charge in [-0.15, -0.1) is 0 Å². The van der Waals surface area contributed by atoms with Gasteiger partial charge >= 0.3 is 6.18 Å². The minimum Gasteiger partial charge on any atom is -0.483 e. The van der Waals surface area contributed by atoms with Crippen molar-refractivity contribution in [2.75, 3.05) is 51.4 Å². The number of halogens is 3. The second-order valence-electron chi connectivity index (χ2n) is 8.33. The quantitative estimate of drug-likeness (QED) is 0.492. The molecular weight excluding hydrogens is 497 g/mol. The predicted molar refractivity (Wildman–Crippen MR) is 124 cm³/mol. The lowest BCUT2D eigenvalue weighted by molar-refractivity contribution is -0.142. The van der Waals surface area contributed by atoms with Crippen molar-refractivity contribution in [2.24, 2.45) is 0 Å². The van der Waals surface area contributed by atoms with Gasteiger partial charge in [-0.1, -0.05) is 0 Å². The molecule has 14 heteroatoms. The van der Waals surface area contributed by atoms with Crippen molar-refractivity contribution < 1.29 is 32.2 Å². The van der Waals surface area contributed by atoms with E-state index in [1.165, 1.54) is 7.11 Å². The lowest BCUT2D eigenvalue weighted by Crippen LogP contribution is -2.49. The van der Waals surface area contributed by atoms with Crippen molar-refractivity contribution in [3.63, 3.8) is 0 Å². The summed E-state index contributed by atoms with van der Waals surface area (Å²) in [5.74, 6) is -0.297. The van der Waals surface area contributed by atoms with Crippen molar-refractivity contribution in [3.05, 3.63) is 46.0 Å². The molecule has 37 heavy (non-hydrogen) atoms. The molecule has 1 aliphatic rings. The Morgan fingerprint density at radius 2 is 2.00 bits per heavy atom. The number of amides is 1. The van der Waals surface area contributed by atoms with Crippen LogP contribution >= 0.6 is 0 Å². The Morgan fingerprint density at radius 1 is 1.27 bits per heavy atom. The Kier molecular flexibility index (Phi) is 9.42. The van der Waals surface area contributed by atoms with Crippen molar-refractivity contribution in [1.82, 2.24) is 20.1 Å². The first-order valence-corrected chi connectivity index (χ1v) is 11.4. The molecule has 3 heterocycles. The van der Waals surface area contributed by atoms with Crippen molar-refractivity contribution >= 4 is 11.7 Å². The number of rotatable bonds is 10. The molecule has 1 N–H and O–H groups in total. The average molecular weight is 525 g/mol. The van der Waals surface area contributed by atoms with Crippen LogP contribution in [-0.4, -0.2) is 84.7 Å². The fraction of sp³-hybridized carbons (Fsp3) is 0.522. The van der Waals surface area contributed by atoms with E-state index in [-0.39, 0.29) is 25.5 Å². The summed E-state index contributed by atoms with van der Waals surface area (Å²) in [6.45, 7) is 3.28. The summed E-state index contributed by atoms with van der Waals surface area (Å²) >= 11 is 0. The summed E-state index contributed by atoms with van der Waals surface area (Å²) in [6, 6.07) is 5.50. The summed E-state index contributed by atoms with van der Waals surface area (Å²) < 4.78 is 55.9. The van der Waals surface area contributed by atoms with Crippen molar-refractivity contribution in [1.29, 1.82) is 5.26 Å². The minimum atomic E-state index is -4.94. The van der Waals surface area contributed by atoms with E-state index in [2.05, 4.69) is 16.2 Å². The largest absolute Gasteiger partial charge is 0.483 e. The topological polar surface area (TPSA) is 134 Å². The van der Waals surface area contributed by atoms with Crippen LogP contribution in [0, 0.1) is 11.3 Å². The van der Waals surface area contributed by atoms with Gasteiger partial charge in [0.05, 0.1) is 37.5 Å². The van der Waals surface area contributed by atoms with Gasteiger partial charge in [0.1, 0.15) is 18.0 Å². The number of nitrogens with one attached hydrogen (secondary N) is 1. The fourth-order valence-electron chi connectivity index (χ4n) is 3.83. The molecule has 1 aliphatic heterocycles. The number of methoxy groups -OCH3 is 1. The Hall–Kier alpha value is -3.70. The molecule has 1 saturated heterocycles. The molecule has 0 unspecified atom stereocenters. The number of aromatic amines is 1. The molecule has 3 rings (SSSR count). The number of alkyl halides is 3. The van der Waals surface area contributed by atoms with E-state index in [9.17, 15) is 28.0 Å². The number of H-pyrrole nitrogens is 1. The zero-order valence-corrected chi connectivity index (χ0v) is 20.3. The molecular formula is C23H27F3N6O5. The van der Waals surface area contributed by atoms with Crippen LogP contribution in [0.4, 0.5) is 19.0 Å². The average Bonchev–Trinajstić information content (AvgIpc) is 2.86. The van der Waals surface area contributed by atoms with Crippen LogP contribution in [0.5, 0.6) is 5.75 Å². The van der Waals surface area contributed by atoms with E-state index in [1.54, 1.807) is 35.3 Å². The number of aromatic nitrogens is 3. The zero-order chi connectivity index (χ0) is 27.0. The van der Waals surface area contributed by atoms with E-state index in [0.717, 1.165) is 6.20 Å². The third-order valence-electron chi connectivity index (χ3n) is 5.62. The zero-order valence-electron chi connectivity index (χ0n) is 20.3. The van der Waals surface area contributed by atoms with Crippen LogP contribution in [0.2, 0.25) is 0 Å². The van der Waals surface area contributed by atoms with Gasteiger partial charge < -0.3 is 24.0 Å². The Balaban J connectivity index is 1.52. The molecule has 0 spiro atoms. The highest BCUT2D eigenvalue weighted by Crippen LogP contribution is 2.33. The highest BCUT2D eigenvalue weighted by Gasteiger charge is 2.39. The van der Waals surface area contributed by atoms with Crippen molar-refractivity contribution in [2.45, 2.75) is 31.7 Å². The van der Waals surface area contributed by atoms with Gasteiger partial charge in [-0.3, -0.25) is 9.59 Å². The number of ether oxygens (including phenoxy) is 3. The number of pyridine rings is 1. The third kappa shape index (κ3) is 7.40. The van der Waals surface area contributed by atoms with Gasteiger partial charge in [0, 0.05) is 39.5 Å². The van der Waals surface area contributed by atoms with Crippen LogP contribution in [0.25, 0.3) is 0 Å². The smallest absolute Gasteiger partial charge is 0.425 e. The Labute approximate surface area is 210 Å². The number of hydrogen-bond donors (Lipinski definition) is 1. The molecule has 1 fully saturated rings.